The van der Waals surface area contributed by atoms with Crippen LogP contribution in [0.25, 0.3) is 10.8 Å². The number of hydrogen-bond donors (Lipinski definition) is 0. The molecule has 2 nitrogen and oxygen atoms in total. The van der Waals surface area contributed by atoms with Gasteiger partial charge in [-0.15, -0.1) is 0 Å². The van der Waals surface area contributed by atoms with Gasteiger partial charge in [0.25, 0.3) is 0 Å². The Hall–Kier alpha value is -2.17. The van der Waals surface area contributed by atoms with Crippen molar-refractivity contribution in [2.24, 2.45) is 0 Å². The normalized spacial score (nSPS) is 16.9. The van der Waals surface area contributed by atoms with Crippen LogP contribution in [0.5, 0.6) is 5.75 Å². The zero-order valence-electron chi connectivity index (χ0n) is 15.8. The smallest absolute Gasteiger partial charge is 0.175 e. The van der Waals surface area contributed by atoms with Crippen LogP contribution in [-0.2, 0) is 4.74 Å². The van der Waals surface area contributed by atoms with Crippen LogP contribution < -0.4 is 4.74 Å². The molecule has 0 saturated carbocycles. The van der Waals surface area contributed by atoms with Crippen molar-refractivity contribution in [2.45, 2.75) is 51.9 Å². The highest BCUT2D eigenvalue weighted by Gasteiger charge is 2.25. The molecule has 1 aliphatic rings. The van der Waals surface area contributed by atoms with Gasteiger partial charge in [0.05, 0.1) is 24.4 Å². The first-order chi connectivity index (χ1) is 13.1. The maximum Gasteiger partial charge on any atom is 0.175 e. The predicted octanol–water partition coefficient (Wildman–Crippen LogP) is 6.62. The number of hydrogen-bond acceptors (Lipinski definition) is 2. The summed E-state index contributed by atoms with van der Waals surface area (Å²) in [5.74, 6) is -2.47. The fraction of sp³-hybridized carbons (Fsp3) is 0.455. The molecule has 1 aliphatic heterocycles. The molecule has 1 atom stereocenters. The van der Waals surface area contributed by atoms with Crippen LogP contribution in [0, 0.1) is 17.5 Å². The highest BCUT2D eigenvalue weighted by molar-refractivity contribution is 5.86. The molecule has 27 heavy (non-hydrogen) atoms. The second kappa shape index (κ2) is 8.68. The fourth-order valence-electron chi connectivity index (χ4n) is 3.50. The van der Waals surface area contributed by atoms with Crippen molar-refractivity contribution in [1.82, 2.24) is 0 Å². The van der Waals surface area contributed by atoms with Crippen LogP contribution >= 0.6 is 0 Å². The van der Waals surface area contributed by atoms with Gasteiger partial charge in [0.1, 0.15) is 0 Å². The predicted molar refractivity (Wildman–Crippen MR) is 101 cm³/mol. The largest absolute Gasteiger partial charge is 0.498 e. The Bertz CT molecular complexity index is 845. The summed E-state index contributed by atoms with van der Waals surface area (Å²) >= 11 is 0. The Morgan fingerprint density at radius 3 is 2.56 bits per heavy atom. The van der Waals surface area contributed by atoms with Crippen LogP contribution in [0.4, 0.5) is 13.2 Å². The minimum atomic E-state index is -1.17. The summed E-state index contributed by atoms with van der Waals surface area (Å²) < 4.78 is 54.8. The molecule has 146 valence electrons. The molecule has 5 heteroatoms. The molecule has 1 heterocycles. The Labute approximate surface area is 158 Å². The van der Waals surface area contributed by atoms with E-state index < -0.39 is 17.5 Å². The monoisotopic (exact) mass is 378 g/mol. The maximum absolute atomic E-state index is 14.7. The number of benzene rings is 2. The number of fused-ring (bicyclic) bond motifs is 1. The first-order valence-corrected chi connectivity index (χ1v) is 9.61. The molecular formula is C22H25F3O2. The lowest BCUT2D eigenvalue weighted by Crippen LogP contribution is -2.15. The van der Waals surface area contributed by atoms with Crippen molar-refractivity contribution in [3.05, 3.63) is 53.0 Å². The second-order valence-corrected chi connectivity index (χ2v) is 6.87. The van der Waals surface area contributed by atoms with Crippen LogP contribution in [0.15, 0.2) is 30.0 Å². The average Bonchev–Trinajstić information content (AvgIpc) is 2.67. The van der Waals surface area contributed by atoms with E-state index in [0.717, 1.165) is 31.4 Å². The van der Waals surface area contributed by atoms with E-state index in [9.17, 15) is 13.2 Å². The van der Waals surface area contributed by atoms with Gasteiger partial charge in [-0.05, 0) is 48.9 Å². The summed E-state index contributed by atoms with van der Waals surface area (Å²) in [5.41, 5.74) is 0.229. The third kappa shape index (κ3) is 4.07. The van der Waals surface area contributed by atoms with E-state index in [2.05, 4.69) is 6.92 Å². The lowest BCUT2D eigenvalue weighted by atomic mass is 9.91. The van der Waals surface area contributed by atoms with Crippen LogP contribution in [-0.4, -0.2) is 13.2 Å². The lowest BCUT2D eigenvalue weighted by Gasteiger charge is -2.24. The number of ether oxygens (including phenoxy) is 2. The third-order valence-electron chi connectivity index (χ3n) is 4.98. The minimum Gasteiger partial charge on any atom is -0.498 e. The first-order valence-electron chi connectivity index (χ1n) is 9.61. The van der Waals surface area contributed by atoms with Crippen molar-refractivity contribution >= 4 is 10.8 Å². The van der Waals surface area contributed by atoms with E-state index >= 15 is 0 Å². The van der Waals surface area contributed by atoms with Crippen molar-refractivity contribution in [3.8, 4) is 5.75 Å². The third-order valence-corrected chi connectivity index (χ3v) is 4.98. The quantitative estimate of drug-likeness (QED) is 0.504. The Morgan fingerprint density at radius 2 is 1.89 bits per heavy atom. The molecule has 0 fully saturated rings. The molecule has 0 N–H and O–H groups in total. The van der Waals surface area contributed by atoms with Gasteiger partial charge in [0.15, 0.2) is 23.2 Å². The number of allylic oxidation sites excluding steroid dienone is 2. The van der Waals surface area contributed by atoms with E-state index in [0.29, 0.717) is 18.4 Å². The van der Waals surface area contributed by atoms with Crippen molar-refractivity contribution in [1.29, 1.82) is 0 Å². The molecular weight excluding hydrogens is 353 g/mol. The van der Waals surface area contributed by atoms with Crippen molar-refractivity contribution < 1.29 is 22.6 Å². The van der Waals surface area contributed by atoms with Crippen molar-refractivity contribution in [3.63, 3.8) is 0 Å². The lowest BCUT2D eigenvalue weighted by molar-refractivity contribution is 0.163. The SMILES string of the molecule is CCCCCC1=CCC(c2cc3ccc(OCC)c(F)c3c(F)c2F)CO1. The van der Waals surface area contributed by atoms with E-state index in [1.165, 1.54) is 12.1 Å². The summed E-state index contributed by atoms with van der Waals surface area (Å²) in [7, 11) is 0. The van der Waals surface area contributed by atoms with Crippen LogP contribution in [0.3, 0.4) is 0 Å². The van der Waals surface area contributed by atoms with Crippen molar-refractivity contribution in [2.75, 3.05) is 13.2 Å². The summed E-state index contributed by atoms with van der Waals surface area (Å²) in [6, 6.07) is 4.53. The van der Waals surface area contributed by atoms with Gasteiger partial charge in [0, 0.05) is 12.3 Å². The first kappa shape index (κ1) is 19.6. The molecule has 0 saturated heterocycles. The summed E-state index contributed by atoms with van der Waals surface area (Å²) in [6.07, 6.45) is 6.77. The van der Waals surface area contributed by atoms with Crippen LogP contribution in [0.2, 0.25) is 0 Å². The van der Waals surface area contributed by atoms with E-state index in [1.54, 1.807) is 13.0 Å². The molecule has 0 radical (unpaired) electrons. The highest BCUT2D eigenvalue weighted by atomic mass is 19.2. The standard InChI is InChI=1S/C22H25F3O2/c1-3-5-6-7-16-10-8-15(13-27-16)17-12-14-9-11-18(26-4-2)21(24)19(14)22(25)20(17)23/h9-12,15H,3-8,13H2,1-2H3. The van der Waals surface area contributed by atoms with Gasteiger partial charge in [-0.3, -0.25) is 0 Å². The Balaban J connectivity index is 1.88. The molecule has 0 aromatic heterocycles. The maximum atomic E-state index is 14.7. The molecule has 2 aromatic rings. The second-order valence-electron chi connectivity index (χ2n) is 6.87. The molecule has 1 unspecified atom stereocenters. The summed E-state index contributed by atoms with van der Waals surface area (Å²) in [5, 5.41) is -0.0442. The Morgan fingerprint density at radius 1 is 1.07 bits per heavy atom. The van der Waals surface area contributed by atoms with Crippen LogP contribution in [0.1, 0.15) is 57.4 Å². The van der Waals surface area contributed by atoms with Gasteiger partial charge in [-0.1, -0.05) is 25.8 Å². The fourth-order valence-corrected chi connectivity index (χ4v) is 3.50. The minimum absolute atomic E-state index is 0.0725. The molecule has 0 spiro atoms. The van der Waals surface area contributed by atoms with Gasteiger partial charge in [0.2, 0.25) is 0 Å². The highest BCUT2D eigenvalue weighted by Crippen LogP contribution is 2.36. The van der Waals surface area contributed by atoms with E-state index in [4.69, 9.17) is 9.47 Å². The number of unbranched alkanes of at least 4 members (excludes halogenated alkanes) is 2. The van der Waals surface area contributed by atoms with Gasteiger partial charge >= 0.3 is 0 Å². The number of rotatable bonds is 7. The molecule has 0 aliphatic carbocycles. The summed E-state index contributed by atoms with van der Waals surface area (Å²) in [6.45, 7) is 4.40. The van der Waals surface area contributed by atoms with Gasteiger partial charge in [-0.2, -0.15) is 0 Å². The van der Waals surface area contributed by atoms with Gasteiger partial charge in [-0.25, -0.2) is 13.2 Å². The zero-order chi connectivity index (χ0) is 19.4. The average molecular weight is 378 g/mol. The molecule has 2 aromatic carbocycles. The van der Waals surface area contributed by atoms with E-state index in [1.807, 2.05) is 6.08 Å². The van der Waals surface area contributed by atoms with Gasteiger partial charge < -0.3 is 9.47 Å². The van der Waals surface area contributed by atoms with E-state index in [-0.39, 0.29) is 29.2 Å². The summed E-state index contributed by atoms with van der Waals surface area (Å²) in [4.78, 5) is 0. The molecule has 0 amide bonds. The zero-order valence-corrected chi connectivity index (χ0v) is 15.8. The molecule has 3 rings (SSSR count). The number of halogens is 3. The molecule has 0 bridgehead atoms. The topological polar surface area (TPSA) is 18.5 Å². The Kier molecular flexibility index (Phi) is 6.30.